The van der Waals surface area contributed by atoms with E-state index in [4.69, 9.17) is 10.5 Å². The number of nitrogens with two attached hydrogens (primary N) is 1. The van der Waals surface area contributed by atoms with Gasteiger partial charge in [-0.15, -0.1) is 24.0 Å². The Morgan fingerprint density at radius 3 is 2.44 bits per heavy atom. The normalized spacial score (nSPS) is 13.5. The lowest BCUT2D eigenvalue weighted by Crippen LogP contribution is -2.44. The first-order valence-corrected chi connectivity index (χ1v) is 5.61. The lowest BCUT2D eigenvalue weighted by atomic mass is 10.1. The van der Waals surface area contributed by atoms with Gasteiger partial charge in [-0.2, -0.15) is 0 Å². The molecule has 0 aliphatic rings. The van der Waals surface area contributed by atoms with E-state index in [2.05, 4.69) is 15.6 Å². The van der Waals surface area contributed by atoms with E-state index in [-0.39, 0.29) is 54.0 Å². The third-order valence-electron chi connectivity index (χ3n) is 1.72. The molecule has 0 aromatic rings. The van der Waals surface area contributed by atoms with E-state index in [1.807, 2.05) is 27.7 Å². The van der Waals surface area contributed by atoms with Gasteiger partial charge in [-0.1, -0.05) is 0 Å². The van der Waals surface area contributed by atoms with Crippen molar-refractivity contribution in [1.29, 1.82) is 0 Å². The summed E-state index contributed by atoms with van der Waals surface area (Å²) >= 11 is 0. The van der Waals surface area contributed by atoms with Gasteiger partial charge >= 0.3 is 0 Å². The second kappa shape index (κ2) is 9.37. The lowest BCUT2D eigenvalue weighted by molar-refractivity contribution is -0.121. The Bertz CT molecular complexity index is 277. The summed E-state index contributed by atoms with van der Waals surface area (Å²) in [6, 6.07) is 0.0643. The van der Waals surface area contributed by atoms with Crippen LogP contribution in [-0.2, 0) is 9.53 Å². The Morgan fingerprint density at radius 1 is 1.44 bits per heavy atom. The molecule has 0 bridgehead atoms. The van der Waals surface area contributed by atoms with Crippen molar-refractivity contribution in [3.8, 4) is 0 Å². The van der Waals surface area contributed by atoms with Gasteiger partial charge in [-0.3, -0.25) is 4.79 Å². The Balaban J connectivity index is 0. The summed E-state index contributed by atoms with van der Waals surface area (Å²) in [5.74, 6) is 0.0975. The average Bonchev–Trinajstić information content (AvgIpc) is 2.12. The minimum absolute atomic E-state index is 0. The zero-order chi connectivity index (χ0) is 13.5. The smallest absolute Gasteiger partial charge is 0.242 e. The molecule has 1 amide bonds. The van der Waals surface area contributed by atoms with Crippen LogP contribution in [0, 0.1) is 0 Å². The molecule has 7 heteroatoms. The number of hydrogen-bond donors (Lipinski definition) is 3. The number of carbonyl (C=O) groups is 1. The van der Waals surface area contributed by atoms with E-state index < -0.39 is 0 Å². The van der Waals surface area contributed by atoms with Crippen molar-refractivity contribution in [2.75, 3.05) is 20.3 Å². The number of amides is 1. The highest BCUT2D eigenvalue weighted by molar-refractivity contribution is 14.0. The van der Waals surface area contributed by atoms with Crippen LogP contribution < -0.4 is 16.4 Å². The molecule has 1 atom stereocenters. The topological polar surface area (TPSA) is 88.7 Å². The SMILES string of the molecule is COCC(C)NC(N)=NCC(=O)NC(C)(C)C.I. The van der Waals surface area contributed by atoms with Crippen molar-refractivity contribution in [2.24, 2.45) is 10.7 Å². The highest BCUT2D eigenvalue weighted by atomic mass is 127. The number of nitrogens with zero attached hydrogens (tertiary/aromatic N) is 1. The van der Waals surface area contributed by atoms with Crippen molar-refractivity contribution >= 4 is 35.8 Å². The summed E-state index contributed by atoms with van der Waals surface area (Å²) < 4.78 is 4.94. The second-order valence-corrected chi connectivity index (χ2v) is 5.00. The van der Waals surface area contributed by atoms with Crippen LogP contribution in [0.1, 0.15) is 27.7 Å². The summed E-state index contributed by atoms with van der Waals surface area (Å²) in [5, 5.41) is 5.72. The van der Waals surface area contributed by atoms with Crippen LogP contribution >= 0.6 is 24.0 Å². The molecule has 0 fully saturated rings. The fraction of sp³-hybridized carbons (Fsp3) is 0.818. The zero-order valence-corrected chi connectivity index (χ0v) is 14.1. The largest absolute Gasteiger partial charge is 0.383 e. The second-order valence-electron chi connectivity index (χ2n) is 5.00. The molecule has 0 radical (unpaired) electrons. The first-order valence-electron chi connectivity index (χ1n) is 5.61. The molecule has 0 aromatic heterocycles. The summed E-state index contributed by atoms with van der Waals surface area (Å²) in [6.07, 6.45) is 0. The quantitative estimate of drug-likeness (QED) is 0.372. The minimum Gasteiger partial charge on any atom is -0.383 e. The van der Waals surface area contributed by atoms with Crippen LogP contribution in [-0.4, -0.2) is 43.7 Å². The predicted molar refractivity (Wildman–Crippen MR) is 84.3 cm³/mol. The van der Waals surface area contributed by atoms with Gasteiger partial charge in [0.25, 0.3) is 0 Å². The number of halogens is 1. The molecule has 1 unspecified atom stereocenters. The first-order chi connectivity index (χ1) is 7.74. The number of ether oxygens (including phenoxy) is 1. The van der Waals surface area contributed by atoms with Gasteiger partial charge in [0.05, 0.1) is 6.61 Å². The average molecular weight is 372 g/mol. The number of carbonyl (C=O) groups excluding carboxylic acids is 1. The molecule has 0 aliphatic carbocycles. The monoisotopic (exact) mass is 372 g/mol. The number of rotatable bonds is 5. The van der Waals surface area contributed by atoms with Gasteiger partial charge in [0.1, 0.15) is 6.54 Å². The molecule has 0 rings (SSSR count). The molecular formula is C11H25IN4O2. The highest BCUT2D eigenvalue weighted by Gasteiger charge is 2.13. The number of aliphatic imine (C=N–C) groups is 1. The Morgan fingerprint density at radius 2 is 2.00 bits per heavy atom. The van der Waals surface area contributed by atoms with E-state index in [9.17, 15) is 4.79 Å². The molecule has 6 nitrogen and oxygen atoms in total. The zero-order valence-electron chi connectivity index (χ0n) is 11.7. The Kier molecular flexibility index (Phi) is 10.3. The van der Waals surface area contributed by atoms with Gasteiger partial charge in [0.15, 0.2) is 5.96 Å². The van der Waals surface area contributed by atoms with Gasteiger partial charge in [0.2, 0.25) is 5.91 Å². The van der Waals surface area contributed by atoms with Crippen molar-refractivity contribution in [3.05, 3.63) is 0 Å². The van der Waals surface area contributed by atoms with E-state index in [1.165, 1.54) is 0 Å². The molecule has 0 aliphatic heterocycles. The molecular weight excluding hydrogens is 347 g/mol. The minimum atomic E-state index is -0.252. The van der Waals surface area contributed by atoms with Gasteiger partial charge in [-0.05, 0) is 27.7 Å². The van der Waals surface area contributed by atoms with Gasteiger partial charge in [0, 0.05) is 18.7 Å². The molecule has 0 aromatic carbocycles. The van der Waals surface area contributed by atoms with Crippen LogP contribution in [0.5, 0.6) is 0 Å². The van der Waals surface area contributed by atoms with E-state index in [0.29, 0.717) is 6.61 Å². The van der Waals surface area contributed by atoms with Crippen molar-refractivity contribution in [3.63, 3.8) is 0 Å². The Hall–Kier alpha value is -0.570. The lowest BCUT2D eigenvalue weighted by Gasteiger charge is -2.20. The van der Waals surface area contributed by atoms with Crippen LogP contribution in [0.15, 0.2) is 4.99 Å². The third kappa shape index (κ3) is 11.9. The maximum Gasteiger partial charge on any atom is 0.242 e. The van der Waals surface area contributed by atoms with Crippen molar-refractivity contribution in [1.82, 2.24) is 10.6 Å². The van der Waals surface area contributed by atoms with Gasteiger partial charge < -0.3 is 21.1 Å². The van der Waals surface area contributed by atoms with E-state index >= 15 is 0 Å². The fourth-order valence-corrected chi connectivity index (χ4v) is 1.20. The molecule has 0 spiro atoms. The summed E-state index contributed by atoms with van der Waals surface area (Å²) in [6.45, 7) is 8.21. The van der Waals surface area contributed by atoms with Gasteiger partial charge in [-0.25, -0.2) is 4.99 Å². The fourth-order valence-electron chi connectivity index (χ4n) is 1.20. The summed E-state index contributed by atoms with van der Waals surface area (Å²) in [7, 11) is 1.61. The number of guanidine groups is 1. The van der Waals surface area contributed by atoms with Crippen molar-refractivity contribution in [2.45, 2.75) is 39.3 Å². The van der Waals surface area contributed by atoms with E-state index in [1.54, 1.807) is 7.11 Å². The molecule has 0 heterocycles. The number of hydrogen-bond acceptors (Lipinski definition) is 3. The standard InChI is InChI=1S/C11H24N4O2.HI/c1-8(7-17-5)14-10(12)13-6-9(16)15-11(2,3)4;/h8H,6-7H2,1-5H3,(H,15,16)(H3,12,13,14);1H. The molecule has 0 saturated carbocycles. The Labute approximate surface area is 126 Å². The van der Waals surface area contributed by atoms with Crippen LogP contribution in [0.3, 0.4) is 0 Å². The maximum absolute atomic E-state index is 11.4. The molecule has 108 valence electrons. The highest BCUT2D eigenvalue weighted by Crippen LogP contribution is 1.97. The predicted octanol–water partition coefficient (Wildman–Crippen LogP) is 0.458. The maximum atomic E-state index is 11.4. The number of nitrogens with one attached hydrogen (secondary N) is 2. The van der Waals surface area contributed by atoms with Crippen LogP contribution in [0.2, 0.25) is 0 Å². The molecule has 4 N–H and O–H groups in total. The summed E-state index contributed by atoms with van der Waals surface area (Å²) in [5.41, 5.74) is 5.37. The van der Waals surface area contributed by atoms with Crippen LogP contribution in [0.25, 0.3) is 0 Å². The first kappa shape index (κ1) is 19.8. The van der Waals surface area contributed by atoms with Crippen LogP contribution in [0.4, 0.5) is 0 Å². The van der Waals surface area contributed by atoms with Crippen molar-refractivity contribution < 1.29 is 9.53 Å². The molecule has 0 saturated heterocycles. The number of methoxy groups -OCH3 is 1. The van der Waals surface area contributed by atoms with E-state index in [0.717, 1.165) is 0 Å². The summed E-state index contributed by atoms with van der Waals surface area (Å²) in [4.78, 5) is 15.4. The third-order valence-corrected chi connectivity index (χ3v) is 1.72. The molecule has 18 heavy (non-hydrogen) atoms.